The fraction of sp³-hybridized carbons (Fsp3) is 0.450. The molecule has 1 aliphatic heterocycles. The Kier molecular flexibility index (Phi) is 5.29. The van der Waals surface area contributed by atoms with E-state index in [0.717, 1.165) is 25.3 Å². The molecule has 122 valence electrons. The van der Waals surface area contributed by atoms with Gasteiger partial charge in [0.1, 0.15) is 5.82 Å². The van der Waals surface area contributed by atoms with Crippen molar-refractivity contribution >= 4 is 5.82 Å². The van der Waals surface area contributed by atoms with Crippen molar-refractivity contribution in [1.82, 2.24) is 9.88 Å². The predicted octanol–water partition coefficient (Wildman–Crippen LogP) is 4.63. The van der Waals surface area contributed by atoms with E-state index in [0.29, 0.717) is 12.1 Å². The Morgan fingerprint density at radius 2 is 2.04 bits per heavy atom. The minimum absolute atomic E-state index is 0.452. The maximum Gasteiger partial charge on any atom is 0.130 e. The third-order valence-electron chi connectivity index (χ3n) is 4.79. The molecule has 23 heavy (non-hydrogen) atoms. The SMILES string of the molecule is CCC(C)Nc1ncccc1C1CCCN1Cc1ccccc1. The first-order chi connectivity index (χ1) is 11.3. The van der Waals surface area contributed by atoms with E-state index in [4.69, 9.17) is 0 Å². The molecule has 1 fully saturated rings. The molecular weight excluding hydrogens is 282 g/mol. The van der Waals surface area contributed by atoms with Gasteiger partial charge in [0.2, 0.25) is 0 Å². The van der Waals surface area contributed by atoms with E-state index in [1.807, 2.05) is 6.20 Å². The lowest BCUT2D eigenvalue weighted by molar-refractivity contribution is 0.248. The van der Waals surface area contributed by atoms with Gasteiger partial charge in [-0.3, -0.25) is 4.90 Å². The van der Waals surface area contributed by atoms with Gasteiger partial charge in [-0.05, 0) is 44.4 Å². The summed E-state index contributed by atoms with van der Waals surface area (Å²) in [6.07, 6.45) is 5.47. The molecule has 1 aromatic carbocycles. The first-order valence-electron chi connectivity index (χ1n) is 8.77. The maximum absolute atomic E-state index is 4.61. The Labute approximate surface area is 139 Å². The Morgan fingerprint density at radius 3 is 2.83 bits per heavy atom. The van der Waals surface area contributed by atoms with Crippen molar-refractivity contribution in [2.24, 2.45) is 0 Å². The van der Waals surface area contributed by atoms with E-state index in [-0.39, 0.29) is 0 Å². The van der Waals surface area contributed by atoms with Crippen molar-refractivity contribution in [2.75, 3.05) is 11.9 Å². The standard InChI is InChI=1S/C20H27N3/c1-3-16(2)22-20-18(11-7-13-21-20)19-12-8-14-23(19)15-17-9-5-4-6-10-17/h4-7,9-11,13,16,19H,3,8,12,14-15H2,1-2H3,(H,21,22). The lowest BCUT2D eigenvalue weighted by atomic mass is 10.0. The second-order valence-corrected chi connectivity index (χ2v) is 6.51. The van der Waals surface area contributed by atoms with Gasteiger partial charge in [0.05, 0.1) is 0 Å². The van der Waals surface area contributed by atoms with Crippen LogP contribution in [0.5, 0.6) is 0 Å². The smallest absolute Gasteiger partial charge is 0.130 e. The van der Waals surface area contributed by atoms with Gasteiger partial charge in [-0.1, -0.05) is 43.3 Å². The van der Waals surface area contributed by atoms with Crippen molar-refractivity contribution < 1.29 is 0 Å². The topological polar surface area (TPSA) is 28.2 Å². The van der Waals surface area contributed by atoms with Gasteiger partial charge in [-0.25, -0.2) is 4.98 Å². The zero-order valence-corrected chi connectivity index (χ0v) is 14.2. The largest absolute Gasteiger partial charge is 0.367 e. The van der Waals surface area contributed by atoms with Gasteiger partial charge in [-0.2, -0.15) is 0 Å². The van der Waals surface area contributed by atoms with Crippen molar-refractivity contribution in [3.8, 4) is 0 Å². The van der Waals surface area contributed by atoms with Crippen LogP contribution >= 0.6 is 0 Å². The summed E-state index contributed by atoms with van der Waals surface area (Å²) in [4.78, 5) is 7.21. The maximum atomic E-state index is 4.61. The normalized spacial score (nSPS) is 19.7. The Bertz CT molecular complexity index is 611. The van der Waals surface area contributed by atoms with E-state index < -0.39 is 0 Å². The molecule has 1 N–H and O–H groups in total. The van der Waals surface area contributed by atoms with Gasteiger partial charge in [-0.15, -0.1) is 0 Å². The summed E-state index contributed by atoms with van der Waals surface area (Å²) in [5.41, 5.74) is 2.74. The lowest BCUT2D eigenvalue weighted by Gasteiger charge is -2.27. The Hall–Kier alpha value is -1.87. The average molecular weight is 309 g/mol. The third kappa shape index (κ3) is 3.91. The van der Waals surface area contributed by atoms with Crippen LogP contribution in [-0.4, -0.2) is 22.5 Å². The number of hydrogen-bond donors (Lipinski definition) is 1. The first kappa shape index (κ1) is 16.0. The van der Waals surface area contributed by atoms with Gasteiger partial charge >= 0.3 is 0 Å². The van der Waals surface area contributed by atoms with Gasteiger partial charge in [0.25, 0.3) is 0 Å². The highest BCUT2D eigenvalue weighted by Crippen LogP contribution is 2.36. The molecule has 3 rings (SSSR count). The molecule has 2 atom stereocenters. The molecule has 0 radical (unpaired) electrons. The number of aromatic nitrogens is 1. The van der Waals surface area contributed by atoms with Crippen LogP contribution in [0.2, 0.25) is 0 Å². The number of anilines is 1. The molecule has 1 aromatic heterocycles. The van der Waals surface area contributed by atoms with E-state index in [1.54, 1.807) is 0 Å². The molecule has 0 aliphatic carbocycles. The second-order valence-electron chi connectivity index (χ2n) is 6.51. The first-order valence-corrected chi connectivity index (χ1v) is 8.77. The quantitative estimate of drug-likeness (QED) is 0.843. The number of rotatable bonds is 6. The summed E-state index contributed by atoms with van der Waals surface area (Å²) in [6, 6.07) is 16.0. The highest BCUT2D eigenvalue weighted by atomic mass is 15.2. The summed E-state index contributed by atoms with van der Waals surface area (Å²) in [5.74, 6) is 1.06. The molecular formula is C20H27N3. The van der Waals surface area contributed by atoms with Crippen LogP contribution in [0.1, 0.15) is 50.3 Å². The van der Waals surface area contributed by atoms with Crippen LogP contribution in [-0.2, 0) is 6.54 Å². The number of hydrogen-bond acceptors (Lipinski definition) is 3. The van der Waals surface area contributed by atoms with Crippen LogP contribution in [0.25, 0.3) is 0 Å². The molecule has 1 aliphatic rings. The number of nitrogens with one attached hydrogen (secondary N) is 1. The molecule has 3 nitrogen and oxygen atoms in total. The van der Waals surface area contributed by atoms with Crippen LogP contribution < -0.4 is 5.32 Å². The fourth-order valence-electron chi connectivity index (χ4n) is 3.33. The van der Waals surface area contributed by atoms with Crippen molar-refractivity contribution in [1.29, 1.82) is 0 Å². The highest BCUT2D eigenvalue weighted by Gasteiger charge is 2.28. The van der Waals surface area contributed by atoms with Crippen molar-refractivity contribution in [3.63, 3.8) is 0 Å². The number of benzene rings is 1. The summed E-state index contributed by atoms with van der Waals surface area (Å²) in [5, 5.41) is 3.58. The number of pyridine rings is 1. The summed E-state index contributed by atoms with van der Waals surface area (Å²) < 4.78 is 0. The number of likely N-dealkylation sites (tertiary alicyclic amines) is 1. The zero-order valence-electron chi connectivity index (χ0n) is 14.2. The molecule has 0 saturated carbocycles. The van der Waals surface area contributed by atoms with Crippen LogP contribution in [0.3, 0.4) is 0 Å². The van der Waals surface area contributed by atoms with Gasteiger partial charge < -0.3 is 5.32 Å². The molecule has 1 saturated heterocycles. The predicted molar refractivity (Wildman–Crippen MR) is 96.4 cm³/mol. The summed E-state index contributed by atoms with van der Waals surface area (Å²) in [6.45, 7) is 6.60. The molecule has 2 unspecified atom stereocenters. The Morgan fingerprint density at radius 1 is 1.22 bits per heavy atom. The highest BCUT2D eigenvalue weighted by molar-refractivity contribution is 5.46. The van der Waals surface area contributed by atoms with E-state index >= 15 is 0 Å². The minimum atomic E-state index is 0.452. The van der Waals surface area contributed by atoms with Gasteiger partial charge in [0.15, 0.2) is 0 Å². The Balaban J connectivity index is 1.80. The zero-order chi connectivity index (χ0) is 16.1. The van der Waals surface area contributed by atoms with Crippen molar-refractivity contribution in [2.45, 2.75) is 51.7 Å². The van der Waals surface area contributed by atoms with E-state index in [1.165, 1.54) is 24.0 Å². The molecule has 0 bridgehead atoms. The average Bonchev–Trinajstić information content (AvgIpc) is 3.04. The van der Waals surface area contributed by atoms with Crippen LogP contribution in [0.15, 0.2) is 48.7 Å². The number of nitrogens with zero attached hydrogens (tertiary/aromatic N) is 2. The van der Waals surface area contributed by atoms with E-state index in [9.17, 15) is 0 Å². The molecule has 0 amide bonds. The van der Waals surface area contributed by atoms with Gasteiger partial charge in [0, 0.05) is 30.4 Å². The molecule has 2 heterocycles. The van der Waals surface area contributed by atoms with E-state index in [2.05, 4.69) is 71.5 Å². The monoisotopic (exact) mass is 309 g/mol. The molecule has 2 aromatic rings. The minimum Gasteiger partial charge on any atom is -0.367 e. The second kappa shape index (κ2) is 7.60. The van der Waals surface area contributed by atoms with Crippen molar-refractivity contribution in [3.05, 3.63) is 59.8 Å². The fourth-order valence-corrected chi connectivity index (χ4v) is 3.33. The van der Waals surface area contributed by atoms with Crippen LogP contribution in [0.4, 0.5) is 5.82 Å². The summed E-state index contributed by atoms with van der Waals surface area (Å²) in [7, 11) is 0. The van der Waals surface area contributed by atoms with Crippen LogP contribution in [0, 0.1) is 0 Å². The lowest BCUT2D eigenvalue weighted by Crippen LogP contribution is -2.25. The molecule has 0 spiro atoms. The third-order valence-corrected chi connectivity index (χ3v) is 4.79. The summed E-state index contributed by atoms with van der Waals surface area (Å²) >= 11 is 0. The molecule has 3 heteroatoms.